The van der Waals surface area contributed by atoms with E-state index in [1.165, 1.54) is 10.8 Å². The monoisotopic (exact) mass is 317 g/mol. The van der Waals surface area contributed by atoms with Crippen LogP contribution in [0.3, 0.4) is 0 Å². The summed E-state index contributed by atoms with van der Waals surface area (Å²) in [6.45, 7) is 1.58. The summed E-state index contributed by atoms with van der Waals surface area (Å²) in [6, 6.07) is 10.8. The third-order valence-corrected chi connectivity index (χ3v) is 16.7. The van der Waals surface area contributed by atoms with E-state index < -0.39 is 12.1 Å². The van der Waals surface area contributed by atoms with E-state index in [9.17, 15) is 0 Å². The van der Waals surface area contributed by atoms with Crippen molar-refractivity contribution in [1.82, 2.24) is 0 Å². The molecule has 1 aromatic carbocycles. The Labute approximate surface area is 109 Å². The van der Waals surface area contributed by atoms with Crippen LogP contribution in [-0.4, -0.2) is 36.7 Å². The van der Waals surface area contributed by atoms with Gasteiger partial charge >= 0.3 is 109 Å². The van der Waals surface area contributed by atoms with E-state index in [-0.39, 0.29) is 0 Å². The Morgan fingerprint density at radius 1 is 0.938 bits per heavy atom. The Hall–Kier alpha value is 0.383. The minimum atomic E-state index is -1.10. The molecule has 1 radical (unpaired) electrons. The Morgan fingerprint density at radius 3 is 2.00 bits per heavy atom. The van der Waals surface area contributed by atoms with Gasteiger partial charge < -0.3 is 0 Å². The van der Waals surface area contributed by atoms with E-state index in [4.69, 9.17) is 11.5 Å². The Kier molecular flexibility index (Phi) is 8.50. The second kappa shape index (κ2) is 9.42. The molecule has 0 heterocycles. The van der Waals surface area contributed by atoms with Gasteiger partial charge in [-0.2, -0.15) is 0 Å². The van der Waals surface area contributed by atoms with E-state index in [2.05, 4.69) is 50.5 Å². The van der Waals surface area contributed by atoms with Crippen molar-refractivity contribution in [2.24, 2.45) is 11.5 Å². The van der Waals surface area contributed by atoms with Gasteiger partial charge in [-0.1, -0.05) is 0 Å². The molecule has 16 heavy (non-hydrogen) atoms. The van der Waals surface area contributed by atoms with Gasteiger partial charge in [0.2, 0.25) is 0 Å². The van der Waals surface area contributed by atoms with Crippen molar-refractivity contribution in [1.29, 1.82) is 0 Å². The molecule has 0 aliphatic rings. The zero-order valence-corrected chi connectivity index (χ0v) is 13.1. The molecule has 0 aromatic heterocycles. The molecule has 0 bridgehead atoms. The summed E-state index contributed by atoms with van der Waals surface area (Å²) in [5.74, 6) is 2.19. The summed E-state index contributed by atoms with van der Waals surface area (Å²) < 4.78 is 0. The van der Waals surface area contributed by atoms with Crippen LogP contribution in [0.15, 0.2) is 30.3 Å². The maximum atomic E-state index is 5.57. The Balaban J connectivity index is 2.42. The first kappa shape index (κ1) is 14.4. The second-order valence-electron chi connectivity index (χ2n) is 3.31. The molecule has 0 amide bonds. The molecule has 1 aromatic rings. The molecule has 89 valence electrons. The first-order chi connectivity index (χ1) is 7.86. The molecule has 0 aliphatic heterocycles. The van der Waals surface area contributed by atoms with Crippen LogP contribution in [0.4, 0.5) is 0 Å². The van der Waals surface area contributed by atoms with Crippen molar-refractivity contribution in [3.63, 3.8) is 0 Å². The number of benzene rings is 1. The van der Waals surface area contributed by atoms with Crippen LogP contribution in [0, 0.1) is 0 Å². The summed E-state index contributed by atoms with van der Waals surface area (Å²) >= 11 is -1.10. The molecule has 4 N–H and O–H groups in total. The fourth-order valence-corrected chi connectivity index (χ4v) is 15.2. The van der Waals surface area contributed by atoms with Gasteiger partial charge in [-0.15, -0.1) is 0 Å². The third kappa shape index (κ3) is 6.20. The van der Waals surface area contributed by atoms with Gasteiger partial charge in [-0.25, -0.2) is 0 Å². The number of hydrogen-bond donors (Lipinski definition) is 2. The van der Waals surface area contributed by atoms with Crippen molar-refractivity contribution >= 4 is 32.2 Å². The van der Waals surface area contributed by atoms with Gasteiger partial charge in [0.05, 0.1) is 0 Å². The summed E-state index contributed by atoms with van der Waals surface area (Å²) in [5.41, 5.74) is 12.6. The molecule has 0 aliphatic carbocycles. The Bertz CT molecular complexity index is 264. The normalized spacial score (nSPS) is 10.9. The molecule has 0 atom stereocenters. The van der Waals surface area contributed by atoms with Gasteiger partial charge in [0.25, 0.3) is 0 Å². The van der Waals surface area contributed by atoms with E-state index in [1.807, 2.05) is 0 Å². The van der Waals surface area contributed by atoms with Crippen LogP contribution in [0.5, 0.6) is 0 Å². The van der Waals surface area contributed by atoms with Crippen molar-refractivity contribution < 1.29 is 0 Å². The Morgan fingerprint density at radius 2 is 1.50 bits per heavy atom. The quantitative estimate of drug-likeness (QED) is 0.716. The van der Waals surface area contributed by atoms with Crippen molar-refractivity contribution in [3.05, 3.63) is 35.9 Å². The molecule has 5 heteroatoms. The zero-order chi connectivity index (χ0) is 11.6. The van der Waals surface area contributed by atoms with Crippen LogP contribution in [0.1, 0.15) is 5.56 Å². The summed E-state index contributed by atoms with van der Waals surface area (Å²) in [5, 5.41) is 1.26. The van der Waals surface area contributed by atoms with Crippen LogP contribution < -0.4 is 11.5 Å². The predicted octanol–water partition coefficient (Wildman–Crippen LogP) is 1.64. The predicted molar refractivity (Wildman–Crippen MR) is 78.9 cm³/mol. The van der Waals surface area contributed by atoms with Crippen LogP contribution in [0.25, 0.3) is 0 Å². The van der Waals surface area contributed by atoms with E-state index in [1.54, 1.807) is 0 Å². The van der Waals surface area contributed by atoms with Gasteiger partial charge in [0, 0.05) is 0 Å². The molecule has 0 saturated carbocycles. The summed E-state index contributed by atoms with van der Waals surface area (Å²) in [4.78, 5) is 0. The van der Waals surface area contributed by atoms with E-state index in [0.29, 0.717) is 0 Å². The zero-order valence-electron chi connectivity index (χ0n) is 9.39. The van der Waals surface area contributed by atoms with Crippen LogP contribution in [0.2, 0.25) is 0 Å². The fourth-order valence-electron chi connectivity index (χ4n) is 1.25. The molecule has 0 unspecified atom stereocenters. The number of hydrogen-bond acceptors (Lipinski definition) is 4. The van der Waals surface area contributed by atoms with Gasteiger partial charge in [-0.05, 0) is 0 Å². The maximum absolute atomic E-state index is 5.57. The summed E-state index contributed by atoms with van der Waals surface area (Å²) in [6.07, 6.45) is 0. The van der Waals surface area contributed by atoms with Crippen LogP contribution in [-0.2, 0) is 5.25 Å². The first-order valence-electron chi connectivity index (χ1n) is 5.42. The standard InChI is InChI=1S/C11H19GeN2S2/c13-6-8-15-12(16-9-7-14)10-11-4-2-1-3-5-11/h1-5H,6-10,13-14H2. The average molecular weight is 316 g/mol. The van der Waals surface area contributed by atoms with Crippen molar-refractivity contribution in [2.75, 3.05) is 24.6 Å². The summed E-state index contributed by atoms with van der Waals surface area (Å²) in [7, 11) is 4.21. The van der Waals surface area contributed by atoms with Crippen molar-refractivity contribution in [3.8, 4) is 0 Å². The molecular formula is C11H19GeN2S2. The van der Waals surface area contributed by atoms with Gasteiger partial charge in [0.1, 0.15) is 0 Å². The second-order valence-corrected chi connectivity index (χ2v) is 17.1. The average Bonchev–Trinajstić information content (AvgIpc) is 2.34. The van der Waals surface area contributed by atoms with Gasteiger partial charge in [-0.3, -0.25) is 0 Å². The fraction of sp³-hybridized carbons (Fsp3) is 0.455. The molecule has 0 fully saturated rings. The minimum absolute atomic E-state index is 0.791. The third-order valence-electron chi connectivity index (χ3n) is 1.95. The number of rotatable bonds is 8. The number of nitrogens with two attached hydrogens (primary N) is 2. The molecule has 0 saturated heterocycles. The van der Waals surface area contributed by atoms with Gasteiger partial charge in [0.15, 0.2) is 0 Å². The molecule has 1 rings (SSSR count). The molecular weight excluding hydrogens is 297 g/mol. The van der Waals surface area contributed by atoms with E-state index in [0.717, 1.165) is 24.6 Å². The first-order valence-corrected chi connectivity index (χ1v) is 14.0. The topological polar surface area (TPSA) is 52.0 Å². The molecule has 2 nitrogen and oxygen atoms in total. The molecule has 0 spiro atoms. The van der Waals surface area contributed by atoms with E-state index >= 15 is 0 Å². The SMILES string of the molecule is NCC[S][Ge]([CH2]c1ccccc1)[S]CCN. The van der Waals surface area contributed by atoms with Crippen LogP contribution >= 0.6 is 20.2 Å². The van der Waals surface area contributed by atoms with Crippen molar-refractivity contribution in [2.45, 2.75) is 5.25 Å².